The first-order valence-corrected chi connectivity index (χ1v) is 6.39. The Morgan fingerprint density at radius 2 is 2.35 bits per heavy atom. The Morgan fingerprint density at radius 3 is 2.94 bits per heavy atom. The molecule has 1 aromatic rings. The minimum Gasteiger partial charge on any atom is -0.309 e. The maximum Gasteiger partial charge on any atom is 0.242 e. The molecule has 0 aromatic carbocycles. The summed E-state index contributed by atoms with van der Waals surface area (Å²) in [5, 5.41) is 6.11. The quantitative estimate of drug-likeness (QED) is 0.645. The van der Waals surface area contributed by atoms with Gasteiger partial charge in [0.25, 0.3) is 0 Å². The molecule has 1 saturated heterocycles. The van der Waals surface area contributed by atoms with Gasteiger partial charge in [-0.25, -0.2) is 4.98 Å². The van der Waals surface area contributed by atoms with E-state index in [1.807, 2.05) is 12.1 Å². The third-order valence-electron chi connectivity index (χ3n) is 3.21. The number of aromatic nitrogens is 1. The number of nitrogens with one attached hydrogen (secondary N) is 2. The number of carbonyl (C=O) groups excluding carboxylic acids is 1. The Labute approximate surface area is 108 Å². The molecule has 2 N–H and O–H groups in total. The van der Waals surface area contributed by atoms with Gasteiger partial charge in [0.15, 0.2) is 0 Å². The van der Waals surface area contributed by atoms with E-state index < -0.39 is 0 Å². The number of fused-ring (bicyclic) bond motifs is 1. The zero-order valence-electron chi connectivity index (χ0n) is 9.06. The van der Waals surface area contributed by atoms with Crippen LogP contribution < -0.4 is 10.6 Å². The van der Waals surface area contributed by atoms with Crippen molar-refractivity contribution in [3.05, 3.63) is 35.0 Å². The van der Waals surface area contributed by atoms with Crippen LogP contribution >= 0.6 is 15.9 Å². The van der Waals surface area contributed by atoms with Crippen molar-refractivity contribution >= 4 is 27.7 Å². The van der Waals surface area contributed by atoms with Gasteiger partial charge < -0.3 is 5.32 Å². The Morgan fingerprint density at radius 1 is 1.47 bits per heavy atom. The molecule has 1 amide bonds. The van der Waals surface area contributed by atoms with E-state index in [2.05, 4.69) is 43.7 Å². The van der Waals surface area contributed by atoms with Gasteiger partial charge in [-0.1, -0.05) is 18.2 Å². The molecule has 0 saturated carbocycles. The molecule has 0 spiro atoms. The van der Waals surface area contributed by atoms with Crippen LogP contribution in [0.25, 0.3) is 0 Å². The van der Waals surface area contributed by atoms with Gasteiger partial charge in [-0.2, -0.15) is 0 Å². The summed E-state index contributed by atoms with van der Waals surface area (Å²) in [4.78, 5) is 16.2. The molecule has 2 aliphatic rings. The van der Waals surface area contributed by atoms with Crippen molar-refractivity contribution < 1.29 is 4.79 Å². The highest BCUT2D eigenvalue weighted by Crippen LogP contribution is 2.30. The molecular formula is C12H12BrN3O. The van der Waals surface area contributed by atoms with Crippen molar-refractivity contribution in [2.75, 3.05) is 5.32 Å². The molecule has 1 fully saturated rings. The predicted octanol–water partition coefficient (Wildman–Crippen LogP) is 1.70. The van der Waals surface area contributed by atoms with Gasteiger partial charge in [-0.15, -0.1) is 0 Å². The lowest BCUT2D eigenvalue weighted by molar-refractivity contribution is -0.117. The molecule has 0 radical (unpaired) electrons. The third-order valence-corrected chi connectivity index (χ3v) is 3.65. The minimum atomic E-state index is -0.110. The number of amides is 1. The van der Waals surface area contributed by atoms with Crippen molar-refractivity contribution in [1.29, 1.82) is 0 Å². The summed E-state index contributed by atoms with van der Waals surface area (Å²) in [5.74, 6) is 1.10. The number of pyridine rings is 1. The highest BCUT2D eigenvalue weighted by Gasteiger charge is 2.38. The number of halogens is 1. The molecule has 5 heteroatoms. The summed E-state index contributed by atoms with van der Waals surface area (Å²) in [7, 11) is 0. The summed E-state index contributed by atoms with van der Waals surface area (Å²) in [6.45, 7) is 0. The first kappa shape index (κ1) is 10.9. The second-order valence-electron chi connectivity index (χ2n) is 4.36. The van der Waals surface area contributed by atoms with Crippen molar-refractivity contribution in [2.24, 2.45) is 5.92 Å². The van der Waals surface area contributed by atoms with E-state index in [0.29, 0.717) is 17.8 Å². The van der Waals surface area contributed by atoms with Gasteiger partial charge in [0.1, 0.15) is 10.4 Å². The first-order valence-electron chi connectivity index (χ1n) is 5.60. The monoisotopic (exact) mass is 293 g/mol. The summed E-state index contributed by atoms with van der Waals surface area (Å²) in [6.07, 6.45) is 5.14. The zero-order chi connectivity index (χ0) is 11.8. The predicted molar refractivity (Wildman–Crippen MR) is 68.5 cm³/mol. The molecule has 1 aromatic heterocycles. The van der Waals surface area contributed by atoms with Gasteiger partial charge in [-0.3, -0.25) is 10.1 Å². The molecular weight excluding hydrogens is 282 g/mol. The first-order chi connectivity index (χ1) is 8.22. The van der Waals surface area contributed by atoms with Crippen LogP contribution in [0.1, 0.15) is 6.42 Å². The van der Waals surface area contributed by atoms with Crippen LogP contribution in [0.4, 0.5) is 5.82 Å². The lowest BCUT2D eigenvalue weighted by Gasteiger charge is -2.19. The van der Waals surface area contributed by atoms with Gasteiger partial charge in [0.05, 0.1) is 6.04 Å². The van der Waals surface area contributed by atoms with E-state index >= 15 is 0 Å². The summed E-state index contributed by atoms with van der Waals surface area (Å²) >= 11 is 3.28. The number of carbonyl (C=O) groups is 1. The molecule has 3 rings (SSSR count). The van der Waals surface area contributed by atoms with E-state index in [0.717, 1.165) is 11.0 Å². The van der Waals surface area contributed by atoms with E-state index in [9.17, 15) is 4.79 Å². The fourth-order valence-corrected chi connectivity index (χ4v) is 2.57. The third kappa shape index (κ3) is 2.12. The molecule has 1 aliphatic carbocycles. The molecule has 17 heavy (non-hydrogen) atoms. The number of nitrogens with zero attached hydrogens (tertiary/aromatic N) is 1. The van der Waals surface area contributed by atoms with Gasteiger partial charge in [0.2, 0.25) is 5.91 Å². The molecule has 0 bridgehead atoms. The number of hydrogen-bond donors (Lipinski definition) is 2. The number of anilines is 1. The Kier molecular flexibility index (Phi) is 2.72. The Bertz CT molecular complexity index is 474. The average Bonchev–Trinajstić information content (AvgIpc) is 2.55. The SMILES string of the molecule is O=C(Nc1cccc(Br)n1)[C@@H]1C[C@H]2C=C[C@H]2N1. The second-order valence-corrected chi connectivity index (χ2v) is 5.18. The smallest absolute Gasteiger partial charge is 0.242 e. The average molecular weight is 294 g/mol. The molecule has 3 atom stereocenters. The largest absolute Gasteiger partial charge is 0.309 e. The van der Waals surface area contributed by atoms with Crippen LogP contribution in [0.5, 0.6) is 0 Å². The summed E-state index contributed by atoms with van der Waals surface area (Å²) in [6, 6.07) is 5.74. The minimum absolute atomic E-state index is 0.00759. The molecule has 2 heterocycles. The standard InChI is InChI=1S/C12H12BrN3O/c13-10-2-1-3-11(15-10)16-12(17)9-6-7-4-5-8(7)14-9/h1-5,7-9,14H,6H2,(H,15,16,17)/t7-,8-,9+/m1/s1. The normalized spacial score (nSPS) is 29.6. The highest BCUT2D eigenvalue weighted by atomic mass is 79.9. The van der Waals surface area contributed by atoms with Crippen LogP contribution in [-0.2, 0) is 4.79 Å². The Balaban J connectivity index is 1.64. The fourth-order valence-electron chi connectivity index (χ4n) is 2.23. The summed E-state index contributed by atoms with van der Waals surface area (Å²) in [5.41, 5.74) is 0. The number of hydrogen-bond acceptors (Lipinski definition) is 3. The molecule has 4 nitrogen and oxygen atoms in total. The van der Waals surface area contributed by atoms with E-state index in [1.54, 1.807) is 6.07 Å². The van der Waals surface area contributed by atoms with Crippen LogP contribution in [0.3, 0.4) is 0 Å². The van der Waals surface area contributed by atoms with Gasteiger partial charge in [0, 0.05) is 6.04 Å². The van der Waals surface area contributed by atoms with Crippen LogP contribution in [0.15, 0.2) is 35.0 Å². The van der Waals surface area contributed by atoms with Gasteiger partial charge >= 0.3 is 0 Å². The van der Waals surface area contributed by atoms with Crippen LogP contribution in [-0.4, -0.2) is 23.0 Å². The van der Waals surface area contributed by atoms with Crippen LogP contribution in [0, 0.1) is 5.92 Å². The van der Waals surface area contributed by atoms with Crippen molar-refractivity contribution in [2.45, 2.75) is 18.5 Å². The van der Waals surface area contributed by atoms with E-state index in [4.69, 9.17) is 0 Å². The molecule has 1 aliphatic heterocycles. The molecule has 88 valence electrons. The van der Waals surface area contributed by atoms with Crippen LogP contribution in [0.2, 0.25) is 0 Å². The highest BCUT2D eigenvalue weighted by molar-refractivity contribution is 9.10. The zero-order valence-corrected chi connectivity index (χ0v) is 10.6. The molecule has 0 unspecified atom stereocenters. The second kappa shape index (κ2) is 4.23. The van der Waals surface area contributed by atoms with Crippen molar-refractivity contribution in [1.82, 2.24) is 10.3 Å². The van der Waals surface area contributed by atoms with E-state index in [1.165, 1.54) is 0 Å². The van der Waals surface area contributed by atoms with Crippen molar-refractivity contribution in [3.63, 3.8) is 0 Å². The fraction of sp³-hybridized carbons (Fsp3) is 0.333. The van der Waals surface area contributed by atoms with Crippen molar-refractivity contribution in [3.8, 4) is 0 Å². The lowest BCUT2D eigenvalue weighted by Crippen LogP contribution is -2.39. The van der Waals surface area contributed by atoms with Gasteiger partial charge in [-0.05, 0) is 40.4 Å². The van der Waals surface area contributed by atoms with E-state index in [-0.39, 0.29) is 11.9 Å². The lowest BCUT2D eigenvalue weighted by atomic mass is 9.89. The number of rotatable bonds is 2. The topological polar surface area (TPSA) is 54.0 Å². The summed E-state index contributed by atoms with van der Waals surface area (Å²) < 4.78 is 0.719. The maximum absolute atomic E-state index is 12.0. The maximum atomic E-state index is 12.0. The Hall–Kier alpha value is -1.20.